The minimum atomic E-state index is 0.0397. The Morgan fingerprint density at radius 1 is 1.06 bits per heavy atom. The van der Waals surface area contributed by atoms with E-state index in [2.05, 4.69) is 50.3 Å². The number of benzene rings is 2. The third-order valence-corrected chi connectivity index (χ3v) is 6.27. The second kappa shape index (κ2) is 8.45. The van der Waals surface area contributed by atoms with Gasteiger partial charge < -0.3 is 0 Å². The van der Waals surface area contributed by atoms with Crippen LogP contribution in [0.25, 0.3) is 10.6 Å². The maximum Gasteiger partial charge on any atom is 0.259 e. The van der Waals surface area contributed by atoms with Crippen LogP contribution in [0.5, 0.6) is 0 Å². The molecule has 2 aromatic carbocycles. The number of imidazole rings is 1. The summed E-state index contributed by atoms with van der Waals surface area (Å²) in [7, 11) is 0. The van der Waals surface area contributed by atoms with Crippen molar-refractivity contribution in [3.63, 3.8) is 0 Å². The minimum Gasteiger partial charge on any atom is -0.294 e. The van der Waals surface area contributed by atoms with Gasteiger partial charge in [-0.3, -0.25) is 18.7 Å². The highest BCUT2D eigenvalue weighted by Gasteiger charge is 2.24. The van der Waals surface area contributed by atoms with Crippen molar-refractivity contribution in [1.29, 1.82) is 0 Å². The molecule has 0 N–H and O–H groups in total. The molecular formula is C26H25N5O. The SMILES string of the molecule is [C-]#[N+]c1cccc(CN2CCc3c(c(=O)n(Cc4ccc(CC)cc4)c4nccn34)C2)c1. The summed E-state index contributed by atoms with van der Waals surface area (Å²) in [6.07, 6.45) is 5.53. The molecule has 2 aromatic heterocycles. The number of aryl methyl sites for hydroxylation is 1. The summed E-state index contributed by atoms with van der Waals surface area (Å²) in [6, 6.07) is 16.2. The summed E-state index contributed by atoms with van der Waals surface area (Å²) in [5.41, 5.74) is 6.07. The van der Waals surface area contributed by atoms with E-state index in [1.54, 1.807) is 10.8 Å². The monoisotopic (exact) mass is 423 g/mol. The smallest absolute Gasteiger partial charge is 0.259 e. The Bertz CT molecular complexity index is 1370. The van der Waals surface area contributed by atoms with Gasteiger partial charge in [-0.25, -0.2) is 9.83 Å². The molecule has 32 heavy (non-hydrogen) atoms. The predicted molar refractivity (Wildman–Crippen MR) is 125 cm³/mol. The molecule has 3 heterocycles. The topological polar surface area (TPSA) is 46.9 Å². The van der Waals surface area contributed by atoms with Crippen molar-refractivity contribution in [2.75, 3.05) is 6.54 Å². The molecule has 6 nitrogen and oxygen atoms in total. The number of rotatable bonds is 5. The lowest BCUT2D eigenvalue weighted by Gasteiger charge is -2.29. The van der Waals surface area contributed by atoms with Gasteiger partial charge in [0.05, 0.1) is 18.7 Å². The van der Waals surface area contributed by atoms with Crippen LogP contribution in [0.4, 0.5) is 5.69 Å². The highest BCUT2D eigenvalue weighted by Crippen LogP contribution is 2.22. The Hall–Kier alpha value is -3.69. The predicted octanol–water partition coefficient (Wildman–Crippen LogP) is 4.22. The van der Waals surface area contributed by atoms with Gasteiger partial charge >= 0.3 is 0 Å². The zero-order valence-corrected chi connectivity index (χ0v) is 18.2. The Morgan fingerprint density at radius 3 is 2.66 bits per heavy atom. The molecule has 0 amide bonds. The standard InChI is InChI=1S/C26H25N5O/c1-3-19-7-9-20(10-8-19)17-31-25(32)23-18-29(16-21-5-4-6-22(15-21)27-2)13-11-24(23)30-14-12-28-26(30)31/h4-10,12,14-15H,3,11,13,16-18H2,1H3. The van der Waals surface area contributed by atoms with Gasteiger partial charge in [-0.1, -0.05) is 55.5 Å². The van der Waals surface area contributed by atoms with Gasteiger partial charge in [0.1, 0.15) is 0 Å². The summed E-state index contributed by atoms with van der Waals surface area (Å²) in [5.74, 6) is 0.700. The van der Waals surface area contributed by atoms with Crippen molar-refractivity contribution in [1.82, 2.24) is 18.9 Å². The van der Waals surface area contributed by atoms with Gasteiger partial charge in [-0.15, -0.1) is 0 Å². The fraction of sp³-hybridized carbons (Fsp3) is 0.269. The fourth-order valence-corrected chi connectivity index (χ4v) is 4.55. The Balaban J connectivity index is 1.49. The van der Waals surface area contributed by atoms with Crippen LogP contribution in [0, 0.1) is 6.57 Å². The second-order valence-corrected chi connectivity index (χ2v) is 8.33. The van der Waals surface area contributed by atoms with E-state index in [9.17, 15) is 4.79 Å². The first-order valence-electron chi connectivity index (χ1n) is 11.0. The van der Waals surface area contributed by atoms with Gasteiger partial charge in [-0.05, 0) is 23.1 Å². The molecule has 0 fully saturated rings. The molecule has 1 aliphatic heterocycles. The lowest BCUT2D eigenvalue weighted by atomic mass is 10.0. The number of hydrogen-bond donors (Lipinski definition) is 0. The Labute approximate surface area is 187 Å². The van der Waals surface area contributed by atoms with Crippen LogP contribution in [-0.4, -0.2) is 25.4 Å². The van der Waals surface area contributed by atoms with Crippen LogP contribution in [-0.2, 0) is 32.5 Å². The molecular weight excluding hydrogens is 398 g/mol. The Morgan fingerprint density at radius 2 is 1.88 bits per heavy atom. The van der Waals surface area contributed by atoms with Gasteiger partial charge in [-0.2, -0.15) is 0 Å². The molecule has 0 aliphatic carbocycles. The molecule has 0 spiro atoms. The lowest BCUT2D eigenvalue weighted by Crippen LogP contribution is -2.38. The van der Waals surface area contributed by atoms with Gasteiger partial charge in [0, 0.05) is 44.1 Å². The van der Waals surface area contributed by atoms with E-state index in [0.29, 0.717) is 24.6 Å². The van der Waals surface area contributed by atoms with E-state index in [0.717, 1.165) is 48.3 Å². The second-order valence-electron chi connectivity index (χ2n) is 8.33. The Kier molecular flexibility index (Phi) is 5.34. The molecule has 0 radical (unpaired) electrons. The summed E-state index contributed by atoms with van der Waals surface area (Å²) in [4.78, 5) is 23.9. The first-order valence-corrected chi connectivity index (χ1v) is 11.0. The average molecular weight is 424 g/mol. The molecule has 0 saturated carbocycles. The van der Waals surface area contributed by atoms with Gasteiger partial charge in [0.25, 0.3) is 5.56 Å². The number of aromatic nitrogens is 3. The quantitative estimate of drug-likeness (QED) is 0.452. The van der Waals surface area contributed by atoms with Crippen molar-refractivity contribution < 1.29 is 0 Å². The zero-order valence-electron chi connectivity index (χ0n) is 18.2. The normalized spacial score (nSPS) is 13.8. The van der Waals surface area contributed by atoms with E-state index in [-0.39, 0.29) is 5.56 Å². The number of fused-ring (bicyclic) bond motifs is 3. The van der Waals surface area contributed by atoms with Crippen LogP contribution < -0.4 is 5.56 Å². The van der Waals surface area contributed by atoms with E-state index in [4.69, 9.17) is 6.57 Å². The highest BCUT2D eigenvalue weighted by atomic mass is 16.1. The molecule has 4 aromatic rings. The van der Waals surface area contributed by atoms with E-state index < -0.39 is 0 Å². The minimum absolute atomic E-state index is 0.0397. The third-order valence-electron chi connectivity index (χ3n) is 6.27. The van der Waals surface area contributed by atoms with Crippen LogP contribution in [0.2, 0.25) is 0 Å². The largest absolute Gasteiger partial charge is 0.294 e. The maximum atomic E-state index is 13.6. The third kappa shape index (κ3) is 3.72. The maximum absolute atomic E-state index is 13.6. The molecule has 0 saturated heterocycles. The highest BCUT2D eigenvalue weighted by molar-refractivity contribution is 5.46. The average Bonchev–Trinajstić information content (AvgIpc) is 3.32. The van der Waals surface area contributed by atoms with Crippen LogP contribution in [0.3, 0.4) is 0 Å². The molecule has 0 unspecified atom stereocenters. The molecule has 160 valence electrons. The summed E-state index contributed by atoms with van der Waals surface area (Å²) in [5, 5.41) is 0. The fourth-order valence-electron chi connectivity index (χ4n) is 4.55. The molecule has 1 aliphatic rings. The number of hydrogen-bond acceptors (Lipinski definition) is 3. The zero-order chi connectivity index (χ0) is 22.1. The lowest BCUT2D eigenvalue weighted by molar-refractivity contribution is 0.240. The van der Waals surface area contributed by atoms with Gasteiger partial charge in [0.2, 0.25) is 5.78 Å². The molecule has 6 heteroatoms. The summed E-state index contributed by atoms with van der Waals surface area (Å²) >= 11 is 0. The van der Waals surface area contributed by atoms with E-state index in [1.165, 1.54) is 5.56 Å². The first kappa shape index (κ1) is 20.2. The summed E-state index contributed by atoms with van der Waals surface area (Å²) < 4.78 is 3.87. The van der Waals surface area contributed by atoms with Crippen molar-refractivity contribution in [2.24, 2.45) is 0 Å². The molecule has 0 bridgehead atoms. The van der Waals surface area contributed by atoms with Crippen LogP contribution >= 0.6 is 0 Å². The van der Waals surface area contributed by atoms with Crippen molar-refractivity contribution in [2.45, 2.75) is 39.4 Å². The van der Waals surface area contributed by atoms with Crippen molar-refractivity contribution >= 4 is 11.5 Å². The summed E-state index contributed by atoms with van der Waals surface area (Å²) in [6.45, 7) is 12.1. The van der Waals surface area contributed by atoms with Crippen LogP contribution in [0.15, 0.2) is 65.7 Å². The van der Waals surface area contributed by atoms with Crippen LogP contribution in [0.1, 0.15) is 34.9 Å². The molecule has 0 atom stereocenters. The van der Waals surface area contributed by atoms with Gasteiger partial charge in [0.15, 0.2) is 5.69 Å². The van der Waals surface area contributed by atoms with Crippen molar-refractivity contribution in [3.05, 3.63) is 111 Å². The number of nitrogens with zero attached hydrogens (tertiary/aromatic N) is 5. The van der Waals surface area contributed by atoms with Crippen molar-refractivity contribution in [3.8, 4) is 0 Å². The van der Waals surface area contributed by atoms with E-state index >= 15 is 0 Å². The molecule has 5 rings (SSSR count). The van der Waals surface area contributed by atoms with E-state index in [1.807, 2.05) is 30.5 Å². The first-order chi connectivity index (χ1) is 15.7.